The number of rotatable bonds is 4. The summed E-state index contributed by atoms with van der Waals surface area (Å²) in [6, 6.07) is 6.82. The summed E-state index contributed by atoms with van der Waals surface area (Å²) >= 11 is 5.83. The lowest BCUT2D eigenvalue weighted by molar-refractivity contribution is -0.129. The fraction of sp³-hybridized carbons (Fsp3) is 0.273. The minimum absolute atomic E-state index is 0.215. The minimum atomic E-state index is -0.452. The molecule has 17 heavy (non-hydrogen) atoms. The van der Waals surface area contributed by atoms with Gasteiger partial charge in [0.15, 0.2) is 6.61 Å². The molecular formula is C11H13ClN2O3. The fourth-order valence-corrected chi connectivity index (χ4v) is 1.16. The fourth-order valence-electron chi connectivity index (χ4n) is 0.969. The zero-order chi connectivity index (χ0) is 12.7. The van der Waals surface area contributed by atoms with Crippen LogP contribution in [-0.2, 0) is 9.59 Å². The van der Waals surface area contributed by atoms with Gasteiger partial charge in [-0.3, -0.25) is 20.4 Å². The molecule has 0 saturated heterocycles. The third-order valence-corrected chi connectivity index (χ3v) is 2.17. The van der Waals surface area contributed by atoms with Crippen LogP contribution in [0.3, 0.4) is 0 Å². The van der Waals surface area contributed by atoms with Gasteiger partial charge in [-0.25, -0.2) is 0 Å². The Morgan fingerprint density at radius 3 is 2.53 bits per heavy atom. The highest BCUT2D eigenvalue weighted by atomic mass is 35.5. The van der Waals surface area contributed by atoms with Crippen molar-refractivity contribution in [3.63, 3.8) is 0 Å². The molecule has 1 aromatic carbocycles. The predicted molar refractivity (Wildman–Crippen MR) is 63.5 cm³/mol. The molecule has 6 heteroatoms. The quantitative estimate of drug-likeness (QED) is 0.798. The first-order valence-electron chi connectivity index (χ1n) is 5.08. The number of hydrogen-bond donors (Lipinski definition) is 2. The number of carbonyl (C=O) groups is 2. The Morgan fingerprint density at radius 2 is 1.88 bits per heavy atom. The van der Waals surface area contributed by atoms with Crippen molar-refractivity contribution in [3.8, 4) is 5.75 Å². The Morgan fingerprint density at radius 1 is 1.24 bits per heavy atom. The molecule has 0 spiro atoms. The number of benzene rings is 1. The van der Waals surface area contributed by atoms with E-state index in [0.29, 0.717) is 17.2 Å². The van der Waals surface area contributed by atoms with E-state index in [1.807, 2.05) is 0 Å². The summed E-state index contributed by atoms with van der Waals surface area (Å²) in [7, 11) is 0. The Kier molecular flexibility index (Phi) is 5.29. The molecule has 0 saturated carbocycles. The predicted octanol–water partition coefficient (Wildman–Crippen LogP) is 1.28. The largest absolute Gasteiger partial charge is 0.482 e. The summed E-state index contributed by atoms with van der Waals surface area (Å²) in [4.78, 5) is 22.1. The van der Waals surface area contributed by atoms with Crippen molar-refractivity contribution >= 4 is 23.4 Å². The Balaban J connectivity index is 2.34. The van der Waals surface area contributed by atoms with E-state index in [1.54, 1.807) is 31.2 Å². The first kappa shape index (κ1) is 13.3. The van der Waals surface area contributed by atoms with Crippen LogP contribution in [0.25, 0.3) is 0 Å². The van der Waals surface area contributed by atoms with Crippen LogP contribution < -0.4 is 15.6 Å². The molecule has 2 N–H and O–H groups in total. The number of halogens is 1. The van der Waals surface area contributed by atoms with Gasteiger partial charge in [-0.2, -0.15) is 0 Å². The van der Waals surface area contributed by atoms with Crippen LogP contribution in [0.2, 0.25) is 5.02 Å². The molecule has 0 aliphatic heterocycles. The van der Waals surface area contributed by atoms with E-state index in [1.165, 1.54) is 0 Å². The van der Waals surface area contributed by atoms with Gasteiger partial charge >= 0.3 is 0 Å². The molecule has 0 aliphatic rings. The lowest BCUT2D eigenvalue weighted by Crippen LogP contribution is -2.43. The molecule has 5 nitrogen and oxygen atoms in total. The van der Waals surface area contributed by atoms with Crippen LogP contribution >= 0.6 is 11.6 Å². The second kappa shape index (κ2) is 6.75. The van der Waals surface area contributed by atoms with E-state index in [0.717, 1.165) is 0 Å². The monoisotopic (exact) mass is 256 g/mol. The van der Waals surface area contributed by atoms with E-state index >= 15 is 0 Å². The van der Waals surface area contributed by atoms with Crippen molar-refractivity contribution in [2.75, 3.05) is 6.61 Å². The molecule has 0 bridgehead atoms. The van der Waals surface area contributed by atoms with Gasteiger partial charge in [-0.15, -0.1) is 0 Å². The molecule has 0 radical (unpaired) electrons. The molecule has 0 aliphatic carbocycles. The average molecular weight is 257 g/mol. The topological polar surface area (TPSA) is 67.4 Å². The standard InChI is InChI=1S/C11H13ClN2O3/c1-2-10(15)13-14-11(16)7-17-9-6-4-3-5-8(9)12/h3-6H,2,7H2,1H3,(H,13,15)(H,14,16). The Labute approximate surface area is 104 Å². The van der Waals surface area contributed by atoms with Gasteiger partial charge in [0.05, 0.1) is 5.02 Å². The SMILES string of the molecule is CCC(=O)NNC(=O)COc1ccccc1Cl. The van der Waals surface area contributed by atoms with Crippen molar-refractivity contribution in [2.24, 2.45) is 0 Å². The summed E-state index contributed by atoms with van der Waals surface area (Å²) in [6.45, 7) is 1.47. The highest BCUT2D eigenvalue weighted by Gasteiger charge is 2.05. The normalized spacial score (nSPS) is 9.53. The first-order chi connectivity index (χ1) is 8.13. The second-order valence-electron chi connectivity index (χ2n) is 3.17. The number of para-hydroxylation sites is 1. The van der Waals surface area contributed by atoms with Crippen molar-refractivity contribution in [1.29, 1.82) is 0 Å². The van der Waals surface area contributed by atoms with Crippen LogP contribution in [0.5, 0.6) is 5.75 Å². The minimum Gasteiger partial charge on any atom is -0.482 e. The van der Waals surface area contributed by atoms with E-state index in [2.05, 4.69) is 10.9 Å². The molecule has 92 valence electrons. The van der Waals surface area contributed by atoms with Gasteiger partial charge in [0.2, 0.25) is 5.91 Å². The zero-order valence-electron chi connectivity index (χ0n) is 9.33. The molecule has 0 heterocycles. The Hall–Kier alpha value is -1.75. The first-order valence-corrected chi connectivity index (χ1v) is 5.46. The smallest absolute Gasteiger partial charge is 0.276 e. The van der Waals surface area contributed by atoms with E-state index in [9.17, 15) is 9.59 Å². The van der Waals surface area contributed by atoms with Crippen LogP contribution in [-0.4, -0.2) is 18.4 Å². The van der Waals surface area contributed by atoms with Crippen molar-refractivity contribution < 1.29 is 14.3 Å². The summed E-state index contributed by atoms with van der Waals surface area (Å²) in [5.41, 5.74) is 4.45. The van der Waals surface area contributed by atoms with Crippen LogP contribution in [0, 0.1) is 0 Å². The van der Waals surface area contributed by atoms with Crippen molar-refractivity contribution in [3.05, 3.63) is 29.3 Å². The van der Waals surface area contributed by atoms with Gasteiger partial charge in [-0.1, -0.05) is 30.7 Å². The maximum atomic E-state index is 11.3. The lowest BCUT2D eigenvalue weighted by Gasteiger charge is -2.08. The van der Waals surface area contributed by atoms with E-state index in [4.69, 9.17) is 16.3 Å². The number of hydrazine groups is 1. The van der Waals surface area contributed by atoms with Crippen LogP contribution in [0.15, 0.2) is 24.3 Å². The molecule has 0 atom stereocenters. The van der Waals surface area contributed by atoms with Crippen LogP contribution in [0.1, 0.15) is 13.3 Å². The van der Waals surface area contributed by atoms with Gasteiger partial charge in [0.25, 0.3) is 5.91 Å². The lowest BCUT2D eigenvalue weighted by atomic mass is 10.3. The van der Waals surface area contributed by atoms with Gasteiger partial charge < -0.3 is 4.74 Å². The van der Waals surface area contributed by atoms with Gasteiger partial charge in [0, 0.05) is 6.42 Å². The number of nitrogens with one attached hydrogen (secondary N) is 2. The number of carbonyl (C=O) groups excluding carboxylic acids is 2. The molecule has 1 aromatic rings. The summed E-state index contributed by atoms with van der Waals surface area (Å²) in [6.07, 6.45) is 0.297. The summed E-state index contributed by atoms with van der Waals surface area (Å²) in [5, 5.41) is 0.429. The Bertz CT molecular complexity index is 409. The second-order valence-corrected chi connectivity index (χ2v) is 3.58. The highest BCUT2D eigenvalue weighted by Crippen LogP contribution is 2.22. The van der Waals surface area contributed by atoms with E-state index in [-0.39, 0.29) is 12.5 Å². The average Bonchev–Trinajstić information content (AvgIpc) is 2.35. The third kappa shape index (κ3) is 4.74. The van der Waals surface area contributed by atoms with E-state index < -0.39 is 5.91 Å². The maximum absolute atomic E-state index is 11.3. The third-order valence-electron chi connectivity index (χ3n) is 1.86. The van der Waals surface area contributed by atoms with Gasteiger partial charge in [0.1, 0.15) is 5.75 Å². The zero-order valence-corrected chi connectivity index (χ0v) is 10.1. The summed E-state index contributed by atoms with van der Waals surface area (Å²) < 4.78 is 5.17. The molecular weight excluding hydrogens is 244 g/mol. The number of hydrogen-bond acceptors (Lipinski definition) is 3. The maximum Gasteiger partial charge on any atom is 0.276 e. The van der Waals surface area contributed by atoms with Gasteiger partial charge in [-0.05, 0) is 12.1 Å². The molecule has 1 rings (SSSR count). The van der Waals surface area contributed by atoms with Crippen LogP contribution in [0.4, 0.5) is 0 Å². The van der Waals surface area contributed by atoms with Crippen molar-refractivity contribution in [2.45, 2.75) is 13.3 Å². The molecule has 0 fully saturated rings. The van der Waals surface area contributed by atoms with Crippen molar-refractivity contribution in [1.82, 2.24) is 10.9 Å². The number of ether oxygens (including phenoxy) is 1. The molecule has 0 unspecified atom stereocenters. The molecule has 2 amide bonds. The highest BCUT2D eigenvalue weighted by molar-refractivity contribution is 6.32. The molecule has 0 aromatic heterocycles. The number of amides is 2. The summed E-state index contributed by atoms with van der Waals surface area (Å²) in [5.74, 6) is -0.297.